The van der Waals surface area contributed by atoms with E-state index in [-0.39, 0.29) is 44.3 Å². The summed E-state index contributed by atoms with van der Waals surface area (Å²) in [6, 6.07) is 18.7. The summed E-state index contributed by atoms with van der Waals surface area (Å²) < 4.78 is 53.1. The van der Waals surface area contributed by atoms with Crippen LogP contribution < -0.4 is 9.64 Å². The summed E-state index contributed by atoms with van der Waals surface area (Å²) in [6.07, 6.45) is 3.67. The van der Waals surface area contributed by atoms with Crippen LogP contribution in [0, 0.1) is 12.4 Å². The maximum absolute atomic E-state index is 17.0. The molecule has 0 spiro atoms. The first-order valence-electron chi connectivity index (χ1n) is 17.6. The number of carbonyl (C=O) groups is 1. The van der Waals surface area contributed by atoms with E-state index in [0.717, 1.165) is 30.8 Å². The molecule has 0 N–H and O–H groups in total. The lowest BCUT2D eigenvalue weighted by Gasteiger charge is -2.40. The number of ether oxygens (including phenoxy) is 1. The van der Waals surface area contributed by atoms with E-state index in [2.05, 4.69) is 19.7 Å². The number of hydrogen-bond donors (Lipinski definition) is 0. The molecule has 0 saturated carbocycles. The highest BCUT2D eigenvalue weighted by Crippen LogP contribution is 2.42. The van der Waals surface area contributed by atoms with Crippen LogP contribution in [-0.2, 0) is 4.79 Å². The van der Waals surface area contributed by atoms with Crippen molar-refractivity contribution in [3.05, 3.63) is 107 Å². The molecule has 270 valence electrons. The fourth-order valence-electron chi connectivity index (χ4n) is 8.17. The maximum Gasteiger partial charge on any atom is 0.319 e. The fraction of sp³-hybridized carbons (Fsp3) is 0.325. The second-order valence-electron chi connectivity index (χ2n) is 13.8. The van der Waals surface area contributed by atoms with E-state index < -0.39 is 35.3 Å². The van der Waals surface area contributed by atoms with E-state index in [4.69, 9.17) is 27.9 Å². The first kappa shape index (κ1) is 34.8. The van der Waals surface area contributed by atoms with Gasteiger partial charge in [0.05, 0.1) is 11.2 Å². The van der Waals surface area contributed by atoms with Gasteiger partial charge in [0.15, 0.2) is 11.6 Å². The van der Waals surface area contributed by atoms with Gasteiger partial charge in [-0.05, 0) is 54.6 Å². The molecule has 0 radical (unpaired) electrons. The summed E-state index contributed by atoms with van der Waals surface area (Å²) >= 11 is 6.64. The third-order valence-electron chi connectivity index (χ3n) is 10.7. The summed E-state index contributed by atoms with van der Waals surface area (Å²) in [5, 5.41) is 2.44. The van der Waals surface area contributed by atoms with E-state index in [9.17, 15) is 9.18 Å². The number of alkyl halides is 1. The number of benzene rings is 3. The Kier molecular flexibility index (Phi) is 9.39. The first-order valence-corrected chi connectivity index (χ1v) is 18.0. The summed E-state index contributed by atoms with van der Waals surface area (Å²) in [6.45, 7) is 9.22. The number of amides is 1. The Bertz CT molecular complexity index is 2280. The molecule has 3 saturated heterocycles. The molecule has 53 heavy (non-hydrogen) atoms. The number of rotatable bonds is 8. The Labute approximate surface area is 309 Å². The van der Waals surface area contributed by atoms with Gasteiger partial charge >= 0.3 is 6.01 Å². The van der Waals surface area contributed by atoms with Crippen molar-refractivity contribution in [1.29, 1.82) is 0 Å². The van der Waals surface area contributed by atoms with Crippen molar-refractivity contribution in [2.45, 2.75) is 37.0 Å². The number of halogens is 4. The third-order valence-corrected chi connectivity index (χ3v) is 11.0. The monoisotopic (exact) mass is 737 g/mol. The van der Waals surface area contributed by atoms with Gasteiger partial charge < -0.3 is 19.4 Å². The predicted octanol–water partition coefficient (Wildman–Crippen LogP) is 7.54. The molecule has 3 fully saturated rings. The van der Waals surface area contributed by atoms with Crippen LogP contribution in [0.1, 0.15) is 25.0 Å². The zero-order chi connectivity index (χ0) is 36.7. The minimum atomic E-state index is -0.985. The number of anilines is 1. The first-order chi connectivity index (χ1) is 25.7. The lowest BCUT2D eigenvalue weighted by atomic mass is 9.95. The molecule has 8 rings (SSSR count). The molecular formula is C40H35ClF3N7O2. The van der Waals surface area contributed by atoms with Crippen molar-refractivity contribution in [2.24, 2.45) is 0 Å². The lowest BCUT2D eigenvalue weighted by molar-refractivity contribution is -0.130. The topological polar surface area (TPSA) is 79.0 Å². The van der Waals surface area contributed by atoms with E-state index in [1.165, 1.54) is 11.1 Å². The highest BCUT2D eigenvalue weighted by Gasteiger charge is 2.49. The molecule has 0 aliphatic carbocycles. The number of piperazine rings is 1. The Balaban J connectivity index is 1.18. The standard InChI is InChI=1S/C40H35ClF3N7O2/c1-45-21-28-23-49(17-18-51(28)38(52)33(43)19-27-9-2-3-15-46-27)37-31-13-12-30(29-10-4-7-25-8-5-11-32(41)34(25)29)35(44)36(31)47-39(48-37)53-24-40-14-6-16-50(40)22-26(42)20-40/h2-5,7-13,15,19,26,28H,6,14,16-18,20-24H2/b33-19-/t26-,28+,40+/m1/s1. The average Bonchev–Trinajstić information content (AvgIpc) is 3.70. The van der Waals surface area contributed by atoms with Crippen LogP contribution in [0.25, 0.3) is 43.7 Å². The lowest BCUT2D eigenvalue weighted by Crippen LogP contribution is -2.56. The van der Waals surface area contributed by atoms with Crippen molar-refractivity contribution in [2.75, 3.05) is 50.8 Å². The summed E-state index contributed by atoms with van der Waals surface area (Å²) in [7, 11) is 0. The Morgan fingerprint density at radius 1 is 1.04 bits per heavy atom. The molecule has 9 nitrogen and oxygen atoms in total. The largest absolute Gasteiger partial charge is 0.461 e. The number of carbonyl (C=O) groups excluding carboxylic acids is 1. The van der Waals surface area contributed by atoms with E-state index in [1.54, 1.807) is 36.4 Å². The Morgan fingerprint density at radius 3 is 2.70 bits per heavy atom. The zero-order valence-electron chi connectivity index (χ0n) is 28.7. The quantitative estimate of drug-likeness (QED) is 0.120. The molecular weight excluding hydrogens is 703 g/mol. The fourth-order valence-corrected chi connectivity index (χ4v) is 8.46. The van der Waals surface area contributed by atoms with Gasteiger partial charge in [-0.15, -0.1) is 0 Å². The van der Waals surface area contributed by atoms with Crippen LogP contribution >= 0.6 is 11.6 Å². The molecule has 5 aromatic rings. The summed E-state index contributed by atoms with van der Waals surface area (Å²) in [5.41, 5.74) is 0.718. The van der Waals surface area contributed by atoms with Gasteiger partial charge in [0.2, 0.25) is 6.54 Å². The molecule has 1 amide bonds. The molecule has 3 aliphatic heterocycles. The van der Waals surface area contributed by atoms with Gasteiger partial charge in [-0.25, -0.2) is 19.7 Å². The zero-order valence-corrected chi connectivity index (χ0v) is 29.4. The van der Waals surface area contributed by atoms with Crippen LogP contribution in [0.5, 0.6) is 6.01 Å². The maximum atomic E-state index is 17.0. The molecule has 5 heterocycles. The third kappa shape index (κ3) is 6.53. The van der Waals surface area contributed by atoms with Gasteiger partial charge in [-0.1, -0.05) is 54.1 Å². The molecule has 0 unspecified atom stereocenters. The summed E-state index contributed by atoms with van der Waals surface area (Å²) in [5.74, 6) is -2.06. The van der Waals surface area contributed by atoms with Crippen LogP contribution in [0.4, 0.5) is 19.0 Å². The number of nitrogens with zero attached hydrogens (tertiary/aromatic N) is 7. The van der Waals surface area contributed by atoms with Gasteiger partial charge in [-0.3, -0.25) is 14.7 Å². The SMILES string of the molecule is [C-]#[N+]C[C@H]1CN(c2nc(OC[C@@]34CCCN3C[C@H](F)C4)nc3c(F)c(-c4cccc5cccc(Cl)c45)ccc23)CCN1C(=O)/C(F)=C/c1ccccn1. The number of hydrogen-bond acceptors (Lipinski definition) is 7. The number of aromatic nitrogens is 3. The highest BCUT2D eigenvalue weighted by atomic mass is 35.5. The predicted molar refractivity (Wildman–Crippen MR) is 198 cm³/mol. The van der Waals surface area contributed by atoms with Crippen LogP contribution in [0.3, 0.4) is 0 Å². The molecule has 2 aromatic heterocycles. The van der Waals surface area contributed by atoms with Gasteiger partial charge in [0.1, 0.15) is 30.2 Å². The number of pyridine rings is 1. The van der Waals surface area contributed by atoms with Gasteiger partial charge in [0, 0.05) is 66.2 Å². The smallest absolute Gasteiger partial charge is 0.319 e. The van der Waals surface area contributed by atoms with Crippen LogP contribution in [-0.4, -0.2) is 94.3 Å². The van der Waals surface area contributed by atoms with E-state index in [0.29, 0.717) is 51.4 Å². The summed E-state index contributed by atoms with van der Waals surface area (Å²) in [4.78, 5) is 35.7. The second-order valence-corrected chi connectivity index (χ2v) is 14.3. The molecule has 0 bridgehead atoms. The molecule has 3 aliphatic rings. The van der Waals surface area contributed by atoms with E-state index >= 15 is 8.78 Å². The molecule has 3 atom stereocenters. The van der Waals surface area contributed by atoms with Crippen molar-refractivity contribution >= 4 is 51.1 Å². The van der Waals surface area contributed by atoms with Crippen molar-refractivity contribution in [1.82, 2.24) is 24.8 Å². The molecule has 3 aromatic carbocycles. The average molecular weight is 738 g/mol. The van der Waals surface area contributed by atoms with Gasteiger partial charge in [-0.2, -0.15) is 9.97 Å². The Hall–Kier alpha value is -5.25. The van der Waals surface area contributed by atoms with Crippen molar-refractivity contribution < 1.29 is 22.7 Å². The van der Waals surface area contributed by atoms with Crippen LogP contribution in [0.2, 0.25) is 5.02 Å². The van der Waals surface area contributed by atoms with E-state index in [1.807, 2.05) is 35.2 Å². The molecule has 13 heteroatoms. The van der Waals surface area contributed by atoms with Crippen molar-refractivity contribution in [3.63, 3.8) is 0 Å². The van der Waals surface area contributed by atoms with Gasteiger partial charge in [0.25, 0.3) is 5.91 Å². The minimum Gasteiger partial charge on any atom is -0.461 e. The second kappa shape index (κ2) is 14.3. The number of fused-ring (bicyclic) bond motifs is 3. The van der Waals surface area contributed by atoms with Crippen LogP contribution in [0.15, 0.2) is 78.8 Å². The normalized spacial score (nSPS) is 22.0. The minimum absolute atomic E-state index is 0.0201. The Morgan fingerprint density at radius 2 is 1.89 bits per heavy atom. The highest BCUT2D eigenvalue weighted by molar-refractivity contribution is 6.36. The van der Waals surface area contributed by atoms with Crippen molar-refractivity contribution in [3.8, 4) is 17.1 Å².